The standard InChI is InChI=1S/C4H9O.Li.H2O4S/c1-3-5-4-2;;1-5(2,3)4/h3H,4H2,1-2H3;;(H2,1,2,3,4)/q-1;+1;. The second-order valence-electron chi connectivity index (χ2n) is 1.14. The summed E-state index contributed by atoms with van der Waals surface area (Å²) in [5, 5.41) is 0. The van der Waals surface area contributed by atoms with Crippen molar-refractivity contribution in [3.05, 3.63) is 6.61 Å². The topological polar surface area (TPSA) is 83.8 Å². The van der Waals surface area contributed by atoms with Crippen LogP contribution in [-0.4, -0.2) is 24.1 Å². The van der Waals surface area contributed by atoms with Gasteiger partial charge < -0.3 is 4.74 Å². The van der Waals surface area contributed by atoms with Crippen LogP contribution in [0.5, 0.6) is 0 Å². The Morgan fingerprint density at radius 3 is 1.73 bits per heavy atom. The summed E-state index contributed by atoms with van der Waals surface area (Å²) in [5.74, 6) is 0. The maximum absolute atomic E-state index is 8.74. The van der Waals surface area contributed by atoms with E-state index in [2.05, 4.69) is 0 Å². The average molecular weight is 178 g/mol. The molecule has 5 nitrogen and oxygen atoms in total. The van der Waals surface area contributed by atoms with Crippen molar-refractivity contribution in [3.63, 3.8) is 0 Å². The van der Waals surface area contributed by atoms with Gasteiger partial charge in [0.05, 0.1) is 0 Å². The zero-order valence-corrected chi connectivity index (χ0v) is 7.63. The van der Waals surface area contributed by atoms with Gasteiger partial charge in [0.25, 0.3) is 0 Å². The Kier molecular flexibility index (Phi) is 16.6. The van der Waals surface area contributed by atoms with Gasteiger partial charge in [-0.05, 0) is 6.92 Å². The van der Waals surface area contributed by atoms with Gasteiger partial charge in [0.2, 0.25) is 0 Å². The average Bonchev–Trinajstić information content (AvgIpc) is 1.63. The molecule has 0 spiro atoms. The van der Waals surface area contributed by atoms with Crippen molar-refractivity contribution < 1.29 is 41.1 Å². The third-order valence-electron chi connectivity index (χ3n) is 0.333. The minimum Gasteiger partial charge on any atom is -0.552 e. The summed E-state index contributed by atoms with van der Waals surface area (Å²) in [6, 6.07) is 0. The molecular weight excluding hydrogens is 167 g/mol. The summed E-state index contributed by atoms with van der Waals surface area (Å²) in [5.41, 5.74) is 0. The van der Waals surface area contributed by atoms with Crippen LogP contribution in [0.4, 0.5) is 0 Å². The molecule has 0 saturated carbocycles. The van der Waals surface area contributed by atoms with Crippen LogP contribution in [0, 0.1) is 6.61 Å². The van der Waals surface area contributed by atoms with E-state index in [0.29, 0.717) is 0 Å². The summed E-state index contributed by atoms with van der Waals surface area (Å²) < 4.78 is 36.3. The predicted molar refractivity (Wildman–Crippen MR) is 35.8 cm³/mol. The van der Waals surface area contributed by atoms with Crippen LogP contribution >= 0.6 is 0 Å². The first-order valence-electron chi connectivity index (χ1n) is 2.51. The van der Waals surface area contributed by atoms with E-state index in [1.807, 2.05) is 13.8 Å². The zero-order chi connectivity index (χ0) is 8.62. The number of rotatable bonds is 2. The molecule has 0 saturated heterocycles. The van der Waals surface area contributed by atoms with Crippen LogP contribution < -0.4 is 18.9 Å². The Morgan fingerprint density at radius 1 is 1.45 bits per heavy atom. The van der Waals surface area contributed by atoms with E-state index in [4.69, 9.17) is 22.3 Å². The molecule has 0 aliphatic heterocycles. The molecule has 2 N–H and O–H groups in total. The molecule has 0 unspecified atom stereocenters. The first-order chi connectivity index (χ1) is 4.41. The Bertz CT molecular complexity index is 133. The monoisotopic (exact) mass is 178 g/mol. The Labute approximate surface area is 78.9 Å². The van der Waals surface area contributed by atoms with Crippen molar-refractivity contribution in [2.45, 2.75) is 13.8 Å². The van der Waals surface area contributed by atoms with Crippen molar-refractivity contribution in [1.82, 2.24) is 0 Å². The maximum Gasteiger partial charge on any atom is 1.00 e. The van der Waals surface area contributed by atoms with Gasteiger partial charge >= 0.3 is 29.3 Å². The quantitative estimate of drug-likeness (QED) is 0.279. The molecule has 64 valence electrons. The van der Waals surface area contributed by atoms with Gasteiger partial charge in [0.1, 0.15) is 0 Å². The van der Waals surface area contributed by atoms with E-state index in [1.165, 1.54) is 0 Å². The van der Waals surface area contributed by atoms with E-state index in [1.54, 1.807) is 6.61 Å². The molecule has 0 radical (unpaired) electrons. The van der Waals surface area contributed by atoms with Crippen molar-refractivity contribution in [2.75, 3.05) is 6.61 Å². The molecule has 0 aliphatic carbocycles. The van der Waals surface area contributed by atoms with E-state index in [9.17, 15) is 0 Å². The second kappa shape index (κ2) is 10.4. The molecule has 0 aliphatic rings. The molecule has 0 rings (SSSR count). The number of ether oxygens (including phenoxy) is 1. The number of hydrogen-bond donors (Lipinski definition) is 2. The summed E-state index contributed by atoms with van der Waals surface area (Å²) in [7, 11) is -4.67. The molecule has 0 fully saturated rings. The fourth-order valence-electron chi connectivity index (χ4n) is 0.167. The molecule has 0 atom stereocenters. The maximum atomic E-state index is 8.74. The van der Waals surface area contributed by atoms with Crippen LogP contribution in [0.25, 0.3) is 0 Å². The molecule has 0 aromatic carbocycles. The van der Waals surface area contributed by atoms with Gasteiger partial charge in [0.15, 0.2) is 0 Å². The van der Waals surface area contributed by atoms with Crippen molar-refractivity contribution in [1.29, 1.82) is 0 Å². The smallest absolute Gasteiger partial charge is 0.552 e. The summed E-state index contributed by atoms with van der Waals surface area (Å²) in [6.45, 7) is 6.29. The molecule has 0 amide bonds. The van der Waals surface area contributed by atoms with Crippen LogP contribution in [0.1, 0.15) is 13.8 Å². The van der Waals surface area contributed by atoms with Crippen LogP contribution in [0.2, 0.25) is 0 Å². The van der Waals surface area contributed by atoms with E-state index >= 15 is 0 Å². The molecule has 0 heterocycles. The van der Waals surface area contributed by atoms with Gasteiger partial charge in [-0.1, -0.05) is 0 Å². The SMILES string of the molecule is C[CH-]OCC.O=S(=O)(O)O.[Li+]. The first kappa shape index (κ1) is 17.5. The van der Waals surface area contributed by atoms with Crippen LogP contribution in [0.15, 0.2) is 0 Å². The van der Waals surface area contributed by atoms with Gasteiger partial charge in [-0.15, -0.1) is 0 Å². The second-order valence-corrected chi connectivity index (χ2v) is 2.03. The fourth-order valence-corrected chi connectivity index (χ4v) is 0.167. The van der Waals surface area contributed by atoms with Crippen molar-refractivity contribution in [3.8, 4) is 0 Å². The molecule has 7 heteroatoms. The molecule has 0 aromatic heterocycles. The minimum absolute atomic E-state index is 0. The zero-order valence-electron chi connectivity index (χ0n) is 6.81. The summed E-state index contributed by atoms with van der Waals surface area (Å²) in [6.07, 6.45) is 0. The molecule has 11 heavy (non-hydrogen) atoms. The van der Waals surface area contributed by atoms with E-state index in [0.717, 1.165) is 6.61 Å². The largest absolute Gasteiger partial charge is 1.00 e. The number of hydrogen-bond acceptors (Lipinski definition) is 3. The Hall–Kier alpha value is 0.427. The first-order valence-corrected chi connectivity index (χ1v) is 3.90. The van der Waals surface area contributed by atoms with Gasteiger partial charge in [-0.3, -0.25) is 9.11 Å². The molecular formula is C4H11LiO5S. The summed E-state index contributed by atoms with van der Waals surface area (Å²) >= 11 is 0. The van der Waals surface area contributed by atoms with Gasteiger partial charge in [-0.2, -0.15) is 15.3 Å². The van der Waals surface area contributed by atoms with Crippen molar-refractivity contribution >= 4 is 10.4 Å². The normalized spacial score (nSPS) is 9.09. The third kappa shape index (κ3) is 126. The molecule has 0 aromatic rings. The van der Waals surface area contributed by atoms with E-state index in [-0.39, 0.29) is 18.9 Å². The summed E-state index contributed by atoms with van der Waals surface area (Å²) in [4.78, 5) is 0. The molecule has 0 bridgehead atoms. The van der Waals surface area contributed by atoms with Crippen LogP contribution in [0.3, 0.4) is 0 Å². The fraction of sp³-hybridized carbons (Fsp3) is 0.750. The predicted octanol–water partition coefficient (Wildman–Crippen LogP) is -2.44. The third-order valence-corrected chi connectivity index (χ3v) is 0.333. The van der Waals surface area contributed by atoms with Crippen molar-refractivity contribution in [2.24, 2.45) is 0 Å². The Balaban J connectivity index is -0.000000107. The minimum atomic E-state index is -4.67. The van der Waals surface area contributed by atoms with Gasteiger partial charge in [-0.25, -0.2) is 6.61 Å². The Morgan fingerprint density at radius 2 is 1.73 bits per heavy atom. The van der Waals surface area contributed by atoms with E-state index < -0.39 is 10.4 Å². The van der Waals surface area contributed by atoms with Crippen LogP contribution in [-0.2, 0) is 15.1 Å². The van der Waals surface area contributed by atoms with Gasteiger partial charge in [0, 0.05) is 6.61 Å².